The molecule has 4 rings (SSSR count). The van der Waals surface area contributed by atoms with Gasteiger partial charge in [0.15, 0.2) is 0 Å². The first-order valence-electron chi connectivity index (χ1n) is 10.1. The zero-order valence-corrected chi connectivity index (χ0v) is 17.1. The number of hydrogen-bond donors (Lipinski definition) is 1. The summed E-state index contributed by atoms with van der Waals surface area (Å²) in [5, 5.41) is 7.20. The number of carbonyl (C=O) groups excluding carboxylic acids is 1. The second-order valence-corrected chi connectivity index (χ2v) is 7.27. The van der Waals surface area contributed by atoms with Gasteiger partial charge in [-0.1, -0.05) is 48.5 Å². The number of fused-ring (bicyclic) bond motifs is 1. The van der Waals surface area contributed by atoms with Crippen LogP contribution in [0.4, 0.5) is 0 Å². The first-order chi connectivity index (χ1) is 15.1. The van der Waals surface area contributed by atoms with Gasteiger partial charge in [-0.25, -0.2) is 18.9 Å². The van der Waals surface area contributed by atoms with Gasteiger partial charge in [0.05, 0.1) is 0 Å². The van der Waals surface area contributed by atoms with Crippen LogP contribution in [0.2, 0.25) is 0 Å². The van der Waals surface area contributed by atoms with E-state index in [1.54, 1.807) is 12.1 Å². The molecule has 4 aromatic rings. The van der Waals surface area contributed by atoms with Crippen LogP contribution >= 0.6 is 0 Å². The van der Waals surface area contributed by atoms with Crippen molar-refractivity contribution >= 4 is 11.6 Å². The third kappa shape index (κ3) is 4.98. The van der Waals surface area contributed by atoms with Gasteiger partial charge in [0.1, 0.15) is 12.3 Å². The van der Waals surface area contributed by atoms with Crippen molar-refractivity contribution in [2.45, 2.75) is 32.4 Å². The lowest BCUT2D eigenvalue weighted by molar-refractivity contribution is -0.122. The molecule has 0 aliphatic carbocycles. The Morgan fingerprint density at radius 2 is 1.81 bits per heavy atom. The molecule has 0 radical (unpaired) electrons. The van der Waals surface area contributed by atoms with Gasteiger partial charge >= 0.3 is 5.69 Å². The van der Waals surface area contributed by atoms with Crippen LogP contribution in [0.15, 0.2) is 77.9 Å². The standard InChI is InChI=1S/C23H23N5O3/c1-17(12-13-18-8-4-2-5-9-18)25-20(29)16-28-23(30)27-15-14-24-22(21(27)26-28)31-19-10-6-3-7-11-19/h2-11,14-15,17H,12-13,16H2,1H3,(H,25,29)/t17-/m1/s1. The maximum atomic E-state index is 12.7. The van der Waals surface area contributed by atoms with E-state index >= 15 is 0 Å². The molecule has 0 saturated heterocycles. The van der Waals surface area contributed by atoms with Gasteiger partial charge in [-0.05, 0) is 37.5 Å². The minimum Gasteiger partial charge on any atom is -0.436 e. The highest BCUT2D eigenvalue weighted by Gasteiger charge is 2.16. The summed E-state index contributed by atoms with van der Waals surface area (Å²) < 4.78 is 8.19. The van der Waals surface area contributed by atoms with Crippen molar-refractivity contribution in [2.75, 3.05) is 0 Å². The number of para-hydroxylation sites is 1. The van der Waals surface area contributed by atoms with Gasteiger partial charge in [-0.3, -0.25) is 4.79 Å². The van der Waals surface area contributed by atoms with E-state index in [4.69, 9.17) is 4.74 Å². The molecule has 0 aliphatic heterocycles. The third-order valence-electron chi connectivity index (χ3n) is 4.84. The maximum Gasteiger partial charge on any atom is 0.351 e. The summed E-state index contributed by atoms with van der Waals surface area (Å²) in [6.07, 6.45) is 4.63. The van der Waals surface area contributed by atoms with Crippen LogP contribution in [-0.4, -0.2) is 31.1 Å². The van der Waals surface area contributed by atoms with Crippen LogP contribution in [0.3, 0.4) is 0 Å². The second-order valence-electron chi connectivity index (χ2n) is 7.27. The molecule has 31 heavy (non-hydrogen) atoms. The highest BCUT2D eigenvalue weighted by Crippen LogP contribution is 2.21. The summed E-state index contributed by atoms with van der Waals surface area (Å²) in [6.45, 7) is 1.77. The zero-order chi connectivity index (χ0) is 21.6. The smallest absolute Gasteiger partial charge is 0.351 e. The fraction of sp³-hybridized carbons (Fsp3) is 0.217. The lowest BCUT2D eigenvalue weighted by Crippen LogP contribution is -2.37. The van der Waals surface area contributed by atoms with Crippen LogP contribution in [0.1, 0.15) is 18.9 Å². The Hall–Kier alpha value is -3.94. The number of aryl methyl sites for hydroxylation is 1. The summed E-state index contributed by atoms with van der Waals surface area (Å²) >= 11 is 0. The van der Waals surface area contributed by atoms with E-state index in [0.717, 1.165) is 17.5 Å². The van der Waals surface area contributed by atoms with Crippen molar-refractivity contribution in [2.24, 2.45) is 0 Å². The molecular formula is C23H23N5O3. The molecule has 2 aromatic heterocycles. The van der Waals surface area contributed by atoms with Crippen molar-refractivity contribution in [3.8, 4) is 11.6 Å². The number of nitrogens with zero attached hydrogens (tertiary/aromatic N) is 4. The summed E-state index contributed by atoms with van der Waals surface area (Å²) in [7, 11) is 0. The fourth-order valence-corrected chi connectivity index (χ4v) is 3.26. The number of rotatable bonds is 8. The molecule has 1 amide bonds. The molecule has 1 atom stereocenters. The summed E-state index contributed by atoms with van der Waals surface area (Å²) in [4.78, 5) is 29.3. The van der Waals surface area contributed by atoms with E-state index in [1.807, 2.05) is 43.3 Å². The number of ether oxygens (including phenoxy) is 1. The van der Waals surface area contributed by atoms with Crippen molar-refractivity contribution in [3.05, 3.63) is 89.1 Å². The molecule has 2 aromatic carbocycles. The molecule has 8 nitrogen and oxygen atoms in total. The number of carbonyl (C=O) groups is 1. The molecule has 1 N–H and O–H groups in total. The van der Waals surface area contributed by atoms with E-state index in [0.29, 0.717) is 5.75 Å². The van der Waals surface area contributed by atoms with Crippen LogP contribution < -0.4 is 15.7 Å². The van der Waals surface area contributed by atoms with Crippen LogP contribution in [0.25, 0.3) is 5.65 Å². The topological polar surface area (TPSA) is 90.5 Å². The van der Waals surface area contributed by atoms with E-state index in [2.05, 4.69) is 27.5 Å². The van der Waals surface area contributed by atoms with Crippen molar-refractivity contribution in [1.29, 1.82) is 0 Å². The van der Waals surface area contributed by atoms with Gasteiger partial charge in [-0.15, -0.1) is 5.10 Å². The van der Waals surface area contributed by atoms with Gasteiger partial charge in [0, 0.05) is 18.4 Å². The quantitative estimate of drug-likeness (QED) is 0.476. The Bertz CT molecular complexity index is 1220. The van der Waals surface area contributed by atoms with Crippen LogP contribution in [-0.2, 0) is 17.8 Å². The summed E-state index contributed by atoms with van der Waals surface area (Å²) in [5.74, 6) is 0.501. The van der Waals surface area contributed by atoms with Gasteiger partial charge < -0.3 is 10.1 Å². The minimum absolute atomic E-state index is 0.0286. The van der Waals surface area contributed by atoms with Crippen molar-refractivity contribution in [1.82, 2.24) is 24.5 Å². The normalized spacial score (nSPS) is 11.9. The molecule has 2 heterocycles. The van der Waals surface area contributed by atoms with Crippen LogP contribution in [0.5, 0.6) is 11.6 Å². The Morgan fingerprint density at radius 1 is 1.10 bits per heavy atom. The largest absolute Gasteiger partial charge is 0.436 e. The fourth-order valence-electron chi connectivity index (χ4n) is 3.26. The number of aromatic nitrogens is 4. The highest BCUT2D eigenvalue weighted by atomic mass is 16.5. The Kier molecular flexibility index (Phi) is 6.07. The Morgan fingerprint density at radius 3 is 2.55 bits per heavy atom. The SMILES string of the molecule is C[C@H](CCc1ccccc1)NC(=O)Cn1nc2c(Oc3ccccc3)nccn2c1=O. The van der Waals surface area contributed by atoms with E-state index in [1.165, 1.54) is 22.4 Å². The molecule has 0 unspecified atom stereocenters. The van der Waals surface area contributed by atoms with Gasteiger partial charge in [0.2, 0.25) is 11.6 Å². The van der Waals surface area contributed by atoms with E-state index in [-0.39, 0.29) is 30.0 Å². The highest BCUT2D eigenvalue weighted by molar-refractivity contribution is 5.76. The van der Waals surface area contributed by atoms with E-state index < -0.39 is 5.69 Å². The number of amides is 1. The molecule has 8 heteroatoms. The van der Waals surface area contributed by atoms with Crippen LogP contribution in [0, 0.1) is 0 Å². The summed E-state index contributed by atoms with van der Waals surface area (Å²) in [5.41, 5.74) is 1.04. The average molecular weight is 417 g/mol. The zero-order valence-electron chi connectivity index (χ0n) is 17.1. The summed E-state index contributed by atoms with van der Waals surface area (Å²) in [6, 6.07) is 19.2. The number of benzene rings is 2. The van der Waals surface area contributed by atoms with Crippen molar-refractivity contribution in [3.63, 3.8) is 0 Å². The van der Waals surface area contributed by atoms with Gasteiger partial charge in [-0.2, -0.15) is 0 Å². The van der Waals surface area contributed by atoms with E-state index in [9.17, 15) is 9.59 Å². The molecule has 0 fully saturated rings. The van der Waals surface area contributed by atoms with Gasteiger partial charge in [0.25, 0.3) is 5.88 Å². The second kappa shape index (κ2) is 9.25. The van der Waals surface area contributed by atoms with Crippen molar-refractivity contribution < 1.29 is 9.53 Å². The molecule has 158 valence electrons. The Balaban J connectivity index is 1.43. The lowest BCUT2D eigenvalue weighted by Gasteiger charge is -2.13. The first kappa shape index (κ1) is 20.3. The average Bonchev–Trinajstić information content (AvgIpc) is 3.10. The molecule has 0 saturated carbocycles. The predicted octanol–water partition coefficient (Wildman–Crippen LogP) is 2.82. The predicted molar refractivity (Wildman–Crippen MR) is 116 cm³/mol. The lowest BCUT2D eigenvalue weighted by atomic mass is 10.1. The monoisotopic (exact) mass is 417 g/mol. The number of nitrogens with one attached hydrogen (secondary N) is 1. The third-order valence-corrected chi connectivity index (χ3v) is 4.84. The molecular weight excluding hydrogens is 394 g/mol. The first-order valence-corrected chi connectivity index (χ1v) is 10.1. The minimum atomic E-state index is -0.428. The molecule has 0 aliphatic rings. The molecule has 0 bridgehead atoms. The maximum absolute atomic E-state index is 12.7. The number of hydrogen-bond acceptors (Lipinski definition) is 5. The molecule has 0 spiro atoms. The Labute approximate surface area is 179 Å².